The van der Waals surface area contributed by atoms with Crippen molar-refractivity contribution in [2.75, 3.05) is 0 Å². The SMILES string of the molecule is Cc1cc(F)c(C(=O)Cl)cc1-n1cnc(C2CCC2)c1. The molecule has 0 spiro atoms. The molecule has 2 aromatic rings. The lowest BCUT2D eigenvalue weighted by Gasteiger charge is -2.22. The van der Waals surface area contributed by atoms with Crippen LogP contribution >= 0.6 is 11.6 Å². The first kappa shape index (κ1) is 13.3. The van der Waals surface area contributed by atoms with E-state index < -0.39 is 11.1 Å². The molecule has 0 saturated heterocycles. The molecule has 0 aliphatic heterocycles. The van der Waals surface area contributed by atoms with Crippen molar-refractivity contribution in [3.8, 4) is 5.69 Å². The van der Waals surface area contributed by atoms with Gasteiger partial charge in [-0.1, -0.05) is 6.42 Å². The molecule has 1 aliphatic rings. The Morgan fingerprint density at radius 2 is 2.20 bits per heavy atom. The second kappa shape index (κ2) is 5.02. The molecule has 1 saturated carbocycles. The van der Waals surface area contributed by atoms with Gasteiger partial charge in [-0.05, 0) is 49.1 Å². The summed E-state index contributed by atoms with van der Waals surface area (Å²) in [6, 6.07) is 2.81. The number of imidazole rings is 1. The number of hydrogen-bond donors (Lipinski definition) is 0. The van der Waals surface area contributed by atoms with Crippen molar-refractivity contribution in [1.29, 1.82) is 0 Å². The zero-order chi connectivity index (χ0) is 14.3. The van der Waals surface area contributed by atoms with E-state index in [0.29, 0.717) is 5.92 Å². The van der Waals surface area contributed by atoms with Crippen molar-refractivity contribution in [2.45, 2.75) is 32.1 Å². The first-order chi connectivity index (χ1) is 9.56. The van der Waals surface area contributed by atoms with Crippen molar-refractivity contribution < 1.29 is 9.18 Å². The monoisotopic (exact) mass is 292 g/mol. The number of rotatable bonds is 3. The van der Waals surface area contributed by atoms with E-state index in [0.717, 1.165) is 16.9 Å². The minimum Gasteiger partial charge on any atom is -0.306 e. The molecule has 1 aromatic heterocycles. The van der Waals surface area contributed by atoms with Crippen LogP contribution in [0.4, 0.5) is 4.39 Å². The van der Waals surface area contributed by atoms with Crippen molar-refractivity contribution in [1.82, 2.24) is 9.55 Å². The van der Waals surface area contributed by atoms with E-state index in [9.17, 15) is 9.18 Å². The molecular formula is C15H14ClFN2O. The van der Waals surface area contributed by atoms with Crippen LogP contribution in [0.5, 0.6) is 0 Å². The highest BCUT2D eigenvalue weighted by Gasteiger charge is 2.22. The molecular weight excluding hydrogens is 279 g/mol. The third-order valence-corrected chi connectivity index (χ3v) is 4.11. The molecule has 1 heterocycles. The van der Waals surface area contributed by atoms with Gasteiger partial charge in [-0.3, -0.25) is 4.79 Å². The number of benzene rings is 1. The van der Waals surface area contributed by atoms with Gasteiger partial charge in [0.1, 0.15) is 5.82 Å². The summed E-state index contributed by atoms with van der Waals surface area (Å²) >= 11 is 5.40. The summed E-state index contributed by atoms with van der Waals surface area (Å²) < 4.78 is 15.5. The van der Waals surface area contributed by atoms with Gasteiger partial charge in [-0.2, -0.15) is 0 Å². The third kappa shape index (κ3) is 2.24. The Kier molecular flexibility index (Phi) is 3.34. The van der Waals surface area contributed by atoms with Gasteiger partial charge in [0, 0.05) is 12.1 Å². The van der Waals surface area contributed by atoms with Crippen LogP contribution in [-0.2, 0) is 0 Å². The van der Waals surface area contributed by atoms with E-state index in [1.807, 2.05) is 10.8 Å². The fourth-order valence-corrected chi connectivity index (χ4v) is 2.62. The molecule has 5 heteroatoms. The summed E-state index contributed by atoms with van der Waals surface area (Å²) in [4.78, 5) is 15.6. The number of hydrogen-bond acceptors (Lipinski definition) is 2. The van der Waals surface area contributed by atoms with Crippen LogP contribution in [0.25, 0.3) is 5.69 Å². The van der Waals surface area contributed by atoms with Crippen LogP contribution in [0.2, 0.25) is 0 Å². The zero-order valence-corrected chi connectivity index (χ0v) is 11.8. The fraction of sp³-hybridized carbons (Fsp3) is 0.333. The van der Waals surface area contributed by atoms with Crippen LogP contribution in [0.1, 0.15) is 46.8 Å². The first-order valence-electron chi connectivity index (χ1n) is 6.60. The van der Waals surface area contributed by atoms with Crippen LogP contribution < -0.4 is 0 Å². The topological polar surface area (TPSA) is 34.9 Å². The largest absolute Gasteiger partial charge is 0.306 e. The van der Waals surface area contributed by atoms with Gasteiger partial charge in [0.05, 0.1) is 23.3 Å². The molecule has 0 unspecified atom stereocenters. The van der Waals surface area contributed by atoms with Gasteiger partial charge in [-0.15, -0.1) is 0 Å². The van der Waals surface area contributed by atoms with Gasteiger partial charge in [0.2, 0.25) is 0 Å². The zero-order valence-electron chi connectivity index (χ0n) is 11.1. The average Bonchev–Trinajstić information content (AvgIpc) is 2.75. The van der Waals surface area contributed by atoms with Gasteiger partial charge in [0.25, 0.3) is 5.24 Å². The number of nitrogens with zero attached hydrogens (tertiary/aromatic N) is 2. The molecule has 104 valence electrons. The molecule has 3 rings (SSSR count). The highest BCUT2D eigenvalue weighted by Crippen LogP contribution is 2.35. The Morgan fingerprint density at radius 1 is 1.45 bits per heavy atom. The minimum absolute atomic E-state index is 0.105. The Hall–Kier alpha value is -1.68. The van der Waals surface area contributed by atoms with Gasteiger partial charge in [0.15, 0.2) is 0 Å². The van der Waals surface area contributed by atoms with Crippen molar-refractivity contribution >= 4 is 16.8 Å². The third-order valence-electron chi connectivity index (χ3n) is 3.90. The molecule has 0 amide bonds. The lowest BCUT2D eigenvalue weighted by molar-refractivity contribution is 0.107. The summed E-state index contributed by atoms with van der Waals surface area (Å²) in [5, 5.41) is -0.789. The second-order valence-corrected chi connectivity index (χ2v) is 5.57. The summed E-state index contributed by atoms with van der Waals surface area (Å²) in [6.45, 7) is 1.80. The normalized spacial score (nSPS) is 15.2. The number of aromatic nitrogens is 2. The summed E-state index contributed by atoms with van der Waals surface area (Å²) in [5.74, 6) is -0.0586. The molecule has 0 N–H and O–H groups in total. The van der Waals surface area contributed by atoms with Crippen LogP contribution in [0.15, 0.2) is 24.7 Å². The maximum Gasteiger partial charge on any atom is 0.255 e. The predicted octanol–water partition coefficient (Wildman–Crippen LogP) is 3.97. The van der Waals surface area contributed by atoms with Crippen molar-refractivity contribution in [3.63, 3.8) is 0 Å². The Morgan fingerprint density at radius 3 is 2.80 bits per heavy atom. The summed E-state index contributed by atoms with van der Waals surface area (Å²) in [7, 11) is 0. The van der Waals surface area contributed by atoms with E-state index in [1.54, 1.807) is 13.3 Å². The van der Waals surface area contributed by atoms with Crippen LogP contribution in [-0.4, -0.2) is 14.8 Å². The lowest BCUT2D eigenvalue weighted by Crippen LogP contribution is -2.08. The van der Waals surface area contributed by atoms with Crippen LogP contribution in [0, 0.1) is 12.7 Å². The second-order valence-electron chi connectivity index (χ2n) is 5.23. The Labute approximate surface area is 121 Å². The van der Waals surface area contributed by atoms with Crippen molar-refractivity contribution in [2.24, 2.45) is 0 Å². The predicted molar refractivity (Wildman–Crippen MR) is 75.0 cm³/mol. The van der Waals surface area contributed by atoms with Gasteiger partial charge in [-0.25, -0.2) is 9.37 Å². The van der Waals surface area contributed by atoms with Crippen molar-refractivity contribution in [3.05, 3.63) is 47.3 Å². The maximum absolute atomic E-state index is 13.7. The standard InChI is InChI=1S/C15H14ClFN2O/c1-9-5-12(17)11(15(16)20)6-14(9)19-7-13(18-8-19)10-3-2-4-10/h5-8,10H,2-4H2,1H3. The van der Waals surface area contributed by atoms with Gasteiger partial charge < -0.3 is 4.57 Å². The van der Waals surface area contributed by atoms with E-state index in [-0.39, 0.29) is 5.56 Å². The van der Waals surface area contributed by atoms with E-state index >= 15 is 0 Å². The molecule has 1 aliphatic carbocycles. The summed E-state index contributed by atoms with van der Waals surface area (Å²) in [5.41, 5.74) is 2.42. The van der Waals surface area contributed by atoms with E-state index in [2.05, 4.69) is 4.98 Å². The fourth-order valence-electron chi connectivity index (χ4n) is 2.47. The number of carbonyl (C=O) groups excluding carboxylic acids is 1. The van der Waals surface area contributed by atoms with Gasteiger partial charge >= 0.3 is 0 Å². The average molecular weight is 293 g/mol. The summed E-state index contributed by atoms with van der Waals surface area (Å²) in [6.07, 6.45) is 7.25. The molecule has 0 radical (unpaired) electrons. The number of aryl methyl sites for hydroxylation is 1. The molecule has 1 fully saturated rings. The smallest absolute Gasteiger partial charge is 0.255 e. The molecule has 0 bridgehead atoms. The van der Waals surface area contributed by atoms with E-state index in [4.69, 9.17) is 11.6 Å². The minimum atomic E-state index is -0.789. The molecule has 3 nitrogen and oxygen atoms in total. The highest BCUT2D eigenvalue weighted by atomic mass is 35.5. The Bertz CT molecular complexity index is 677. The molecule has 0 atom stereocenters. The van der Waals surface area contributed by atoms with E-state index in [1.165, 1.54) is 31.4 Å². The quantitative estimate of drug-likeness (QED) is 0.802. The highest BCUT2D eigenvalue weighted by molar-refractivity contribution is 6.67. The molecule has 20 heavy (non-hydrogen) atoms. The first-order valence-corrected chi connectivity index (χ1v) is 6.98. The molecule has 1 aromatic carbocycles. The number of halogens is 2. The lowest BCUT2D eigenvalue weighted by atomic mass is 9.83. The maximum atomic E-state index is 13.7. The van der Waals surface area contributed by atoms with Crippen LogP contribution in [0.3, 0.4) is 0 Å². The number of carbonyl (C=O) groups is 1. The Balaban J connectivity index is 2.02.